The van der Waals surface area contributed by atoms with Crippen molar-refractivity contribution < 1.29 is 0 Å². The molecule has 0 aliphatic rings. The smallest absolute Gasteiger partial charge is 0.164 e. The average Bonchev–Trinajstić information content (AvgIpc) is 3.69. The van der Waals surface area contributed by atoms with E-state index < -0.39 is 0 Å². The van der Waals surface area contributed by atoms with Crippen LogP contribution in [0.15, 0.2) is 218 Å². The van der Waals surface area contributed by atoms with Crippen molar-refractivity contribution in [1.82, 2.24) is 29.5 Å². The van der Waals surface area contributed by atoms with E-state index >= 15 is 0 Å². The molecule has 0 unspecified atom stereocenters. The van der Waals surface area contributed by atoms with Gasteiger partial charge in [-0.25, -0.2) is 24.9 Å². The molecule has 61 heavy (non-hydrogen) atoms. The fraction of sp³-hybridized carbons (Fsp3) is 0. The average molecular weight is 781 g/mol. The molecule has 6 heteroatoms. The maximum Gasteiger partial charge on any atom is 0.164 e. The molecular formula is C55H36N6. The molecule has 0 radical (unpaired) electrons. The predicted molar refractivity (Wildman–Crippen MR) is 248 cm³/mol. The monoisotopic (exact) mass is 780 g/mol. The Morgan fingerprint density at radius 3 is 1.15 bits per heavy atom. The van der Waals surface area contributed by atoms with E-state index in [0.717, 1.165) is 61.6 Å². The van der Waals surface area contributed by atoms with Crippen molar-refractivity contribution >= 4 is 21.8 Å². The molecule has 0 aliphatic heterocycles. The Kier molecular flexibility index (Phi) is 9.06. The standard InChI is InChI=1S/C55H36N6/c1-4-15-39(16-5-1)52-56-48(38-31-33-45(34-32-38)61-50-25-12-10-23-46(50)47-24-11-13-26-51(47)61)36-49(57-52)44-22-14-21-43(35-44)37-27-29-42(30-28-37)55-59-53(40-17-6-2-7-18-40)58-54(60-55)41-19-8-3-9-20-41/h1-36H. The summed E-state index contributed by atoms with van der Waals surface area (Å²) in [7, 11) is 0. The zero-order valence-corrected chi connectivity index (χ0v) is 33.0. The van der Waals surface area contributed by atoms with Crippen LogP contribution >= 0.6 is 0 Å². The highest BCUT2D eigenvalue weighted by molar-refractivity contribution is 6.09. The van der Waals surface area contributed by atoms with E-state index in [0.29, 0.717) is 23.3 Å². The minimum Gasteiger partial charge on any atom is -0.309 e. The lowest BCUT2D eigenvalue weighted by molar-refractivity contribution is 1.07. The van der Waals surface area contributed by atoms with E-state index in [9.17, 15) is 0 Å². The van der Waals surface area contributed by atoms with Gasteiger partial charge in [0.05, 0.1) is 22.4 Å². The van der Waals surface area contributed by atoms with Crippen LogP contribution in [0, 0.1) is 0 Å². The summed E-state index contributed by atoms with van der Waals surface area (Å²) >= 11 is 0. The molecule has 0 atom stereocenters. The SMILES string of the molecule is c1ccc(-c2nc(-c3ccc(-n4c5ccccc5c5ccccc54)cc3)cc(-c3cccc(-c4ccc(-c5nc(-c6ccccc6)nc(-c6ccccc6)n5)cc4)c3)n2)cc1. The number of hydrogen-bond donors (Lipinski definition) is 0. The Bertz CT molecular complexity index is 3210. The van der Waals surface area contributed by atoms with Crippen molar-refractivity contribution in [3.63, 3.8) is 0 Å². The molecule has 3 aromatic heterocycles. The van der Waals surface area contributed by atoms with Crippen molar-refractivity contribution in [2.24, 2.45) is 0 Å². The number of benzene rings is 8. The molecule has 6 nitrogen and oxygen atoms in total. The van der Waals surface area contributed by atoms with Crippen molar-refractivity contribution in [3.05, 3.63) is 218 Å². The molecule has 0 amide bonds. The highest BCUT2D eigenvalue weighted by atomic mass is 15.0. The summed E-state index contributed by atoms with van der Waals surface area (Å²) in [6, 6.07) is 75.2. The summed E-state index contributed by atoms with van der Waals surface area (Å²) < 4.78 is 2.33. The Hall–Kier alpha value is -8.35. The van der Waals surface area contributed by atoms with Gasteiger partial charge in [0.2, 0.25) is 0 Å². The Morgan fingerprint density at radius 2 is 0.623 bits per heavy atom. The number of aromatic nitrogens is 6. The maximum atomic E-state index is 5.14. The fourth-order valence-electron chi connectivity index (χ4n) is 8.05. The first-order chi connectivity index (χ1) is 30.2. The summed E-state index contributed by atoms with van der Waals surface area (Å²) in [5.41, 5.74) is 13.1. The number of hydrogen-bond acceptors (Lipinski definition) is 5. The van der Waals surface area contributed by atoms with E-state index in [-0.39, 0.29) is 0 Å². The van der Waals surface area contributed by atoms with E-state index in [4.69, 9.17) is 24.9 Å². The molecular weight excluding hydrogens is 745 g/mol. The second-order valence-corrected chi connectivity index (χ2v) is 14.9. The van der Waals surface area contributed by atoms with Gasteiger partial charge in [-0.2, -0.15) is 0 Å². The van der Waals surface area contributed by atoms with Crippen molar-refractivity contribution in [2.75, 3.05) is 0 Å². The highest BCUT2D eigenvalue weighted by Crippen LogP contribution is 2.35. The number of rotatable bonds is 8. The topological polar surface area (TPSA) is 69.4 Å². The van der Waals surface area contributed by atoms with Gasteiger partial charge in [-0.15, -0.1) is 0 Å². The Labute approximate surface area is 353 Å². The van der Waals surface area contributed by atoms with Crippen molar-refractivity contribution in [2.45, 2.75) is 0 Å². The van der Waals surface area contributed by atoms with Gasteiger partial charge >= 0.3 is 0 Å². The van der Waals surface area contributed by atoms with Crippen LogP contribution in [0.4, 0.5) is 0 Å². The number of fused-ring (bicyclic) bond motifs is 3. The highest BCUT2D eigenvalue weighted by Gasteiger charge is 2.16. The van der Waals surface area contributed by atoms with Gasteiger partial charge in [-0.05, 0) is 47.5 Å². The molecule has 0 N–H and O–H groups in total. The summed E-state index contributed by atoms with van der Waals surface area (Å²) in [6.45, 7) is 0. The van der Waals surface area contributed by atoms with Crippen LogP contribution in [0.1, 0.15) is 0 Å². The molecule has 0 saturated heterocycles. The lowest BCUT2D eigenvalue weighted by Crippen LogP contribution is -2.00. The second-order valence-electron chi connectivity index (χ2n) is 14.9. The Morgan fingerprint density at radius 1 is 0.246 bits per heavy atom. The summed E-state index contributed by atoms with van der Waals surface area (Å²) in [5.74, 6) is 2.58. The normalized spacial score (nSPS) is 11.3. The number of para-hydroxylation sites is 2. The van der Waals surface area contributed by atoms with Gasteiger partial charge in [0.25, 0.3) is 0 Å². The van der Waals surface area contributed by atoms with Crippen LogP contribution in [-0.4, -0.2) is 29.5 Å². The van der Waals surface area contributed by atoms with E-state index in [1.54, 1.807) is 0 Å². The third-order valence-electron chi connectivity index (χ3n) is 11.1. The first-order valence-electron chi connectivity index (χ1n) is 20.3. The Balaban J connectivity index is 0.945. The van der Waals surface area contributed by atoms with Crippen LogP contribution in [0.5, 0.6) is 0 Å². The third-order valence-corrected chi connectivity index (χ3v) is 11.1. The van der Waals surface area contributed by atoms with Gasteiger partial charge < -0.3 is 4.57 Å². The summed E-state index contributed by atoms with van der Waals surface area (Å²) in [6.07, 6.45) is 0. The van der Waals surface area contributed by atoms with E-state index in [1.165, 1.54) is 21.8 Å². The van der Waals surface area contributed by atoms with Gasteiger partial charge in [-0.3, -0.25) is 0 Å². The van der Waals surface area contributed by atoms with Crippen LogP contribution in [-0.2, 0) is 0 Å². The molecule has 0 spiro atoms. The van der Waals surface area contributed by atoms with Crippen LogP contribution in [0.3, 0.4) is 0 Å². The minimum atomic E-state index is 0.623. The minimum absolute atomic E-state index is 0.623. The molecule has 0 fully saturated rings. The van der Waals surface area contributed by atoms with Crippen LogP contribution < -0.4 is 0 Å². The van der Waals surface area contributed by atoms with Gasteiger partial charge in [0.1, 0.15) is 0 Å². The maximum absolute atomic E-state index is 5.14. The van der Waals surface area contributed by atoms with E-state index in [2.05, 4.69) is 144 Å². The third kappa shape index (κ3) is 6.92. The van der Waals surface area contributed by atoms with Gasteiger partial charge in [-0.1, -0.05) is 182 Å². The molecule has 286 valence electrons. The number of nitrogens with zero attached hydrogens (tertiary/aromatic N) is 6. The largest absolute Gasteiger partial charge is 0.309 e. The molecule has 11 aromatic rings. The second kappa shape index (κ2) is 15.4. The lowest BCUT2D eigenvalue weighted by atomic mass is 9.99. The molecule has 0 bridgehead atoms. The quantitative estimate of drug-likeness (QED) is 0.154. The summed E-state index contributed by atoms with van der Waals surface area (Å²) in [4.78, 5) is 25.0. The molecule has 3 heterocycles. The van der Waals surface area contributed by atoms with Gasteiger partial charge in [0, 0.05) is 49.8 Å². The predicted octanol–water partition coefficient (Wildman–Crippen LogP) is 13.4. The zero-order valence-electron chi connectivity index (χ0n) is 33.0. The van der Waals surface area contributed by atoms with E-state index in [1.807, 2.05) is 78.9 Å². The summed E-state index contributed by atoms with van der Waals surface area (Å²) in [5, 5.41) is 2.48. The molecule has 8 aromatic carbocycles. The molecule has 0 saturated carbocycles. The zero-order chi connectivity index (χ0) is 40.5. The van der Waals surface area contributed by atoms with Crippen molar-refractivity contribution in [3.8, 4) is 84.9 Å². The molecule has 0 aliphatic carbocycles. The van der Waals surface area contributed by atoms with Gasteiger partial charge in [0.15, 0.2) is 23.3 Å². The first-order valence-corrected chi connectivity index (χ1v) is 20.3. The fourth-order valence-corrected chi connectivity index (χ4v) is 8.05. The van der Waals surface area contributed by atoms with Crippen LogP contribution in [0.2, 0.25) is 0 Å². The molecule has 11 rings (SSSR count). The first kappa shape index (κ1) is 35.8. The lowest BCUT2D eigenvalue weighted by Gasteiger charge is -2.12. The van der Waals surface area contributed by atoms with Crippen LogP contribution in [0.25, 0.3) is 107 Å². The van der Waals surface area contributed by atoms with Crippen molar-refractivity contribution in [1.29, 1.82) is 0 Å².